The molecule has 3 aliphatic heterocycles. The second kappa shape index (κ2) is 33.3. The number of amides is 5. The minimum Gasteiger partial charge on any atom is -1.00 e. The van der Waals surface area contributed by atoms with Crippen molar-refractivity contribution in [3.63, 3.8) is 0 Å². The van der Waals surface area contributed by atoms with E-state index in [1.165, 1.54) is 43.0 Å². The van der Waals surface area contributed by atoms with Gasteiger partial charge >= 0.3 is 47.8 Å². The van der Waals surface area contributed by atoms with Crippen LogP contribution in [0.4, 0.5) is 34.5 Å². The van der Waals surface area contributed by atoms with Crippen LogP contribution in [0.1, 0.15) is 118 Å². The van der Waals surface area contributed by atoms with Crippen molar-refractivity contribution in [2.45, 2.75) is 151 Å². The fourth-order valence-corrected chi connectivity index (χ4v) is 9.26. The van der Waals surface area contributed by atoms with E-state index in [2.05, 4.69) is 62.1 Å². The predicted octanol–water partition coefficient (Wildman–Crippen LogP) is 9.15. The van der Waals surface area contributed by atoms with E-state index in [1.54, 1.807) is 39.0 Å². The van der Waals surface area contributed by atoms with Gasteiger partial charge in [0.05, 0.1) is 49.0 Å². The zero-order valence-electron chi connectivity index (χ0n) is 49.9. The molecule has 5 rings (SSSR count). The number of hydrogen-bond acceptors (Lipinski definition) is 12. The zero-order valence-corrected chi connectivity index (χ0v) is 54.9. The van der Waals surface area contributed by atoms with Gasteiger partial charge < -0.3 is 45.7 Å². The minimum absolute atomic E-state index is 0. The van der Waals surface area contributed by atoms with Gasteiger partial charge in [0.1, 0.15) is 28.4 Å². The number of carbonyl (C=O) groups is 5. The Kier molecular flexibility index (Phi) is 30.8. The van der Waals surface area contributed by atoms with Gasteiger partial charge in [0.25, 0.3) is 10.1 Å². The third-order valence-corrected chi connectivity index (χ3v) is 13.7. The summed E-state index contributed by atoms with van der Waals surface area (Å²) in [7, 11) is -3.44. The normalized spacial score (nSPS) is 20.3. The number of hydrogen-bond donors (Lipinski definition) is 2. The van der Waals surface area contributed by atoms with Crippen molar-refractivity contribution in [3.05, 3.63) is 93.4 Å². The molecule has 0 aliphatic carbocycles. The number of nitrogens with zero attached hydrogens (tertiary/aromatic N) is 4. The van der Waals surface area contributed by atoms with Gasteiger partial charge in [0, 0.05) is 49.0 Å². The largest absolute Gasteiger partial charge is 1.00 e. The van der Waals surface area contributed by atoms with Gasteiger partial charge in [-0.05, 0) is 168 Å². The maximum absolute atomic E-state index is 13.6. The quantitative estimate of drug-likeness (QED) is 0.0937. The van der Waals surface area contributed by atoms with Crippen LogP contribution in [-0.4, -0.2) is 139 Å². The van der Waals surface area contributed by atoms with Gasteiger partial charge in [-0.25, -0.2) is 23.2 Å². The number of ether oxygens (including phenoxy) is 3. The van der Waals surface area contributed by atoms with Crippen molar-refractivity contribution >= 4 is 83.4 Å². The molecule has 23 heteroatoms. The first-order valence-corrected chi connectivity index (χ1v) is 29.2. The number of carbonyl (C=O) groups excluding carboxylic acids is 5. The second-order valence-corrected chi connectivity index (χ2v) is 25.6. The van der Waals surface area contributed by atoms with Crippen LogP contribution in [0.2, 0.25) is 0 Å². The molecule has 0 unspecified atom stereocenters. The molecule has 2 aromatic carbocycles. The van der Waals surface area contributed by atoms with Crippen LogP contribution in [0.25, 0.3) is 0 Å². The van der Waals surface area contributed by atoms with Crippen LogP contribution in [0.5, 0.6) is 0 Å². The Bertz CT molecular complexity index is 2550. The van der Waals surface area contributed by atoms with Gasteiger partial charge in [-0.3, -0.25) is 13.8 Å². The molecule has 0 bridgehead atoms. The van der Waals surface area contributed by atoms with Crippen molar-refractivity contribution in [3.8, 4) is 0 Å². The Morgan fingerprint density at radius 3 is 1.43 bits per heavy atom. The molecule has 0 spiro atoms. The average Bonchev–Trinajstić information content (AvgIpc) is 3.98. The third-order valence-electron chi connectivity index (χ3n) is 11.8. The third kappa shape index (κ3) is 27.6. The minimum atomic E-state index is -3.44. The number of anilines is 2. The molecule has 0 aromatic heterocycles. The Morgan fingerprint density at radius 1 is 0.684 bits per heavy atom. The molecule has 3 aliphatic rings. The molecule has 2 aromatic rings. The monoisotopic (exact) mass is 1270 g/mol. The molecule has 0 radical (unpaired) electrons. The van der Waals surface area contributed by atoms with Gasteiger partial charge in [0.15, 0.2) is 0 Å². The summed E-state index contributed by atoms with van der Waals surface area (Å²) in [6, 6.07) is 8.19. The van der Waals surface area contributed by atoms with Crippen LogP contribution in [0.15, 0.2) is 81.8 Å². The molecular formula is C56H84Br2F2N5NaO12S. The molecule has 3 fully saturated rings. The standard InChI is InChI=1S/C21H28BrFN2O3.C14H25NO5S.C13H23NO3.C8H7BrFNO.Na.H/c1-14-10-12-25(20(27)28-21(3,4)5)18(14)7-6-11-24(15(2)26)19-13-16(23)8-9-17(19)22;1-11-8-9-15(13(16)20-14(2,3)4)12(11)7-6-10-19-21(5,17)18;1-10-7-8-14(11(10)6-5-9-15)12(16)17-13(2,3)4;1-5(12)11-8-4-6(10)2-3-7(8)9;;/h6-9,13-14,18H,10-12H2,1-5H3;6-7,11-12H,8-10H2,1-5H3;5-6,10-11,15H,7-9H2,1-4H3;2-4H,1H3,(H,11,12);;/q;;;;+1;-1/b2*7-6+;6-5+;;;/t14-,18+;11-,12+;10-,11+;;;/m000.../s1. The summed E-state index contributed by atoms with van der Waals surface area (Å²) in [5.41, 5.74) is -0.625. The number of nitrogens with one attached hydrogen (secondary N) is 1. The van der Waals surface area contributed by atoms with Crippen molar-refractivity contribution < 1.29 is 95.7 Å². The Morgan fingerprint density at radius 2 is 1.06 bits per heavy atom. The Balaban J connectivity index is 0.00000107. The molecule has 3 heterocycles. The average molecular weight is 1270 g/mol. The maximum Gasteiger partial charge on any atom is 1.00 e. The Labute approximate surface area is 508 Å². The Hall–Kier alpha value is -3.90. The van der Waals surface area contributed by atoms with E-state index in [9.17, 15) is 41.2 Å². The summed E-state index contributed by atoms with van der Waals surface area (Å²) in [6.07, 6.45) is 13.6. The van der Waals surface area contributed by atoms with E-state index in [4.69, 9.17) is 19.3 Å². The first-order chi connectivity index (χ1) is 35.9. The van der Waals surface area contributed by atoms with E-state index in [0.29, 0.717) is 45.2 Å². The van der Waals surface area contributed by atoms with Crippen molar-refractivity contribution in [2.75, 3.05) is 55.9 Å². The topological polar surface area (TPSA) is 202 Å². The molecule has 17 nitrogen and oxygen atoms in total. The van der Waals surface area contributed by atoms with Gasteiger partial charge in [0.2, 0.25) is 11.8 Å². The van der Waals surface area contributed by atoms with Crippen molar-refractivity contribution in [2.24, 2.45) is 17.8 Å². The van der Waals surface area contributed by atoms with E-state index in [0.717, 1.165) is 32.1 Å². The molecule has 2 N–H and O–H groups in total. The number of likely N-dealkylation sites (tertiary alicyclic amines) is 3. The molecule has 5 amide bonds. The van der Waals surface area contributed by atoms with E-state index in [1.807, 2.05) is 86.6 Å². The summed E-state index contributed by atoms with van der Waals surface area (Å²) in [5, 5.41) is 11.3. The van der Waals surface area contributed by atoms with Crippen LogP contribution in [-0.2, 0) is 38.1 Å². The van der Waals surface area contributed by atoms with Crippen LogP contribution in [0, 0.1) is 29.4 Å². The van der Waals surface area contributed by atoms with Crippen molar-refractivity contribution in [1.29, 1.82) is 0 Å². The molecule has 79 heavy (non-hydrogen) atoms. The second-order valence-electron chi connectivity index (χ2n) is 22.3. The summed E-state index contributed by atoms with van der Waals surface area (Å²) < 4.78 is 70.2. The van der Waals surface area contributed by atoms with E-state index < -0.39 is 32.7 Å². The van der Waals surface area contributed by atoms with Gasteiger partial charge in [-0.2, -0.15) is 8.42 Å². The van der Waals surface area contributed by atoms with E-state index in [-0.39, 0.29) is 111 Å². The summed E-state index contributed by atoms with van der Waals surface area (Å²) in [4.78, 5) is 66.0. The summed E-state index contributed by atoms with van der Waals surface area (Å²) in [6.45, 7) is 27.9. The molecule has 6 atom stereocenters. The molecule has 440 valence electrons. The first kappa shape index (κ1) is 73.1. The molecular weight excluding hydrogens is 1190 g/mol. The van der Waals surface area contributed by atoms with Crippen LogP contribution >= 0.6 is 31.9 Å². The number of rotatable bonds is 11. The van der Waals surface area contributed by atoms with E-state index >= 15 is 0 Å². The number of benzene rings is 2. The summed E-state index contributed by atoms with van der Waals surface area (Å²) >= 11 is 6.55. The van der Waals surface area contributed by atoms with Gasteiger partial charge in [-0.1, -0.05) is 57.2 Å². The van der Waals surface area contributed by atoms with Crippen LogP contribution < -0.4 is 39.8 Å². The number of halogens is 4. The number of aliphatic hydroxyl groups excluding tert-OH is 1. The summed E-state index contributed by atoms with van der Waals surface area (Å²) in [5.74, 6) is -0.204. The molecule has 0 saturated carbocycles. The maximum atomic E-state index is 13.6. The SMILES string of the molecule is CC(=O)N(C/C=C/[C@@H]1[C@@H](C)CCN1C(=O)OC(C)(C)C)c1cc(F)ccc1Br.CC(=O)Nc1cc(F)ccc1Br.C[C@H]1CCN(C(=O)OC(C)(C)C)[C@@H]1/C=C/CO.C[C@H]1CCN(C(=O)OC(C)(C)C)[C@@H]1/C=C/COS(C)(=O)=O.[H-].[Na+]. The van der Waals surface area contributed by atoms with Crippen LogP contribution in [0.3, 0.4) is 0 Å². The first-order valence-electron chi connectivity index (χ1n) is 25.8. The smallest absolute Gasteiger partial charge is 1.00 e. The van der Waals surface area contributed by atoms with Gasteiger partial charge in [-0.15, -0.1) is 0 Å². The zero-order chi connectivity index (χ0) is 59.5. The number of aliphatic hydroxyl groups is 1. The fourth-order valence-electron chi connectivity index (χ4n) is 8.13. The predicted molar refractivity (Wildman–Crippen MR) is 308 cm³/mol. The fraction of sp³-hybridized carbons (Fsp3) is 0.589. The van der Waals surface area contributed by atoms with Crippen molar-refractivity contribution in [1.82, 2.24) is 14.7 Å². The molecule has 3 saturated heterocycles.